The maximum atomic E-state index is 12.8. The Kier molecular flexibility index (Phi) is 8.67. The summed E-state index contributed by atoms with van der Waals surface area (Å²) in [7, 11) is 1.58. The lowest BCUT2D eigenvalue weighted by Gasteiger charge is -2.28. The molecule has 0 aliphatic carbocycles. The van der Waals surface area contributed by atoms with E-state index in [9.17, 15) is 9.59 Å². The molecule has 0 aliphatic heterocycles. The second-order valence-corrected chi connectivity index (χ2v) is 8.51. The number of thioether (sulfide) groups is 1. The Morgan fingerprint density at radius 1 is 1.22 bits per heavy atom. The summed E-state index contributed by atoms with van der Waals surface area (Å²) < 4.78 is 0.943. The molecule has 7 heteroatoms. The van der Waals surface area contributed by atoms with E-state index in [1.165, 1.54) is 0 Å². The number of hydrogen-bond donors (Lipinski definition) is 1. The van der Waals surface area contributed by atoms with Gasteiger partial charge in [0.2, 0.25) is 11.8 Å². The van der Waals surface area contributed by atoms with Crippen LogP contribution in [0.1, 0.15) is 18.9 Å². The highest BCUT2D eigenvalue weighted by Crippen LogP contribution is 2.22. The molecule has 2 rings (SSSR count). The molecule has 0 radical (unpaired) electrons. The highest BCUT2D eigenvalue weighted by atomic mass is 79.9. The lowest BCUT2D eigenvalue weighted by molar-refractivity contribution is -0.140. The van der Waals surface area contributed by atoms with Gasteiger partial charge in [0.1, 0.15) is 6.04 Å². The fraction of sp³-hybridized carbons (Fsp3) is 0.300. The van der Waals surface area contributed by atoms with Gasteiger partial charge < -0.3 is 10.2 Å². The van der Waals surface area contributed by atoms with Crippen LogP contribution < -0.4 is 5.32 Å². The quantitative estimate of drug-likeness (QED) is 0.568. The van der Waals surface area contributed by atoms with Crippen LogP contribution in [-0.4, -0.2) is 35.6 Å². The van der Waals surface area contributed by atoms with E-state index in [2.05, 4.69) is 21.2 Å². The molecular formula is C20H22BrClN2O2S. The molecule has 0 spiro atoms. The number of nitrogens with zero attached hydrogens (tertiary/aromatic N) is 1. The number of likely N-dealkylation sites (N-methyl/N-ethyl adjacent to an activating group) is 1. The molecule has 27 heavy (non-hydrogen) atoms. The van der Waals surface area contributed by atoms with Gasteiger partial charge in [-0.3, -0.25) is 9.59 Å². The summed E-state index contributed by atoms with van der Waals surface area (Å²) in [4.78, 5) is 27.6. The minimum Gasteiger partial charge on any atom is -0.357 e. The molecule has 2 amide bonds. The third kappa shape index (κ3) is 6.87. The van der Waals surface area contributed by atoms with Crippen LogP contribution in [0.15, 0.2) is 57.9 Å². The third-order valence-electron chi connectivity index (χ3n) is 4.05. The Balaban J connectivity index is 2.03. The van der Waals surface area contributed by atoms with Crippen LogP contribution in [0.4, 0.5) is 0 Å². The van der Waals surface area contributed by atoms with Crippen molar-refractivity contribution in [2.45, 2.75) is 30.8 Å². The summed E-state index contributed by atoms with van der Waals surface area (Å²) in [6.07, 6.45) is 0.350. The number of hydrogen-bond acceptors (Lipinski definition) is 3. The van der Waals surface area contributed by atoms with Gasteiger partial charge in [-0.05, 0) is 48.9 Å². The maximum absolute atomic E-state index is 12.8. The number of carbonyl (C=O) groups excluding carboxylic acids is 2. The summed E-state index contributed by atoms with van der Waals surface area (Å²) in [6, 6.07) is 14.8. The van der Waals surface area contributed by atoms with Crippen molar-refractivity contribution in [3.8, 4) is 0 Å². The monoisotopic (exact) mass is 468 g/mol. The van der Waals surface area contributed by atoms with Gasteiger partial charge in [0.05, 0.1) is 0 Å². The summed E-state index contributed by atoms with van der Waals surface area (Å²) >= 11 is 10.9. The van der Waals surface area contributed by atoms with Crippen LogP contribution in [0.3, 0.4) is 0 Å². The Bertz CT molecular complexity index is 786. The van der Waals surface area contributed by atoms with E-state index in [4.69, 9.17) is 11.6 Å². The Morgan fingerprint density at radius 2 is 1.93 bits per heavy atom. The first-order chi connectivity index (χ1) is 12.9. The van der Waals surface area contributed by atoms with Crippen LogP contribution >= 0.6 is 39.3 Å². The lowest BCUT2D eigenvalue weighted by atomic mass is 10.1. The normalized spacial score (nSPS) is 11.7. The molecule has 144 valence electrons. The minimum atomic E-state index is -0.540. The molecule has 4 nitrogen and oxygen atoms in total. The predicted octanol–water partition coefficient (Wildman–Crippen LogP) is 4.75. The van der Waals surface area contributed by atoms with Gasteiger partial charge in [0, 0.05) is 40.2 Å². The minimum absolute atomic E-state index is 0.0486. The first-order valence-corrected chi connectivity index (χ1v) is 10.7. The number of rotatable bonds is 8. The molecule has 0 fully saturated rings. The van der Waals surface area contributed by atoms with Gasteiger partial charge in [-0.25, -0.2) is 0 Å². The zero-order valence-corrected chi connectivity index (χ0v) is 18.4. The van der Waals surface area contributed by atoms with Crippen LogP contribution in [0.2, 0.25) is 5.02 Å². The van der Waals surface area contributed by atoms with Crippen LogP contribution in [0, 0.1) is 0 Å². The summed E-state index contributed by atoms with van der Waals surface area (Å²) in [5.74, 6) is 0.409. The van der Waals surface area contributed by atoms with Gasteiger partial charge in [-0.2, -0.15) is 0 Å². The molecule has 0 bridgehead atoms. The van der Waals surface area contributed by atoms with Crippen molar-refractivity contribution >= 4 is 51.1 Å². The number of benzene rings is 2. The van der Waals surface area contributed by atoms with Crippen molar-refractivity contribution in [3.05, 3.63) is 63.6 Å². The Hall–Kier alpha value is -1.50. The summed E-state index contributed by atoms with van der Waals surface area (Å²) in [5.41, 5.74) is 0.971. The number of carbonyl (C=O) groups is 2. The van der Waals surface area contributed by atoms with E-state index in [1.54, 1.807) is 30.6 Å². The fourth-order valence-electron chi connectivity index (χ4n) is 2.55. The molecular weight excluding hydrogens is 448 g/mol. The Morgan fingerprint density at radius 3 is 2.56 bits per heavy atom. The van der Waals surface area contributed by atoms with Crippen molar-refractivity contribution in [3.63, 3.8) is 0 Å². The second kappa shape index (κ2) is 10.7. The SMILES string of the molecule is CNC(=O)[C@@H](C)N(Cc1cccc(Br)c1)C(=O)CCSc1ccc(Cl)cc1. The first kappa shape index (κ1) is 21.8. The molecule has 2 aromatic carbocycles. The van der Waals surface area contributed by atoms with E-state index in [0.717, 1.165) is 14.9 Å². The number of halogens is 2. The molecule has 1 N–H and O–H groups in total. The van der Waals surface area contributed by atoms with E-state index in [1.807, 2.05) is 48.5 Å². The van der Waals surface area contributed by atoms with Crippen molar-refractivity contribution in [1.82, 2.24) is 10.2 Å². The molecule has 0 saturated carbocycles. The molecule has 0 saturated heterocycles. The molecule has 0 heterocycles. The van der Waals surface area contributed by atoms with E-state index in [0.29, 0.717) is 23.7 Å². The Labute approximate surface area is 177 Å². The third-order valence-corrected chi connectivity index (χ3v) is 5.81. The molecule has 0 aliphatic rings. The maximum Gasteiger partial charge on any atom is 0.242 e. The zero-order valence-electron chi connectivity index (χ0n) is 15.2. The molecule has 2 aromatic rings. The van der Waals surface area contributed by atoms with E-state index in [-0.39, 0.29) is 11.8 Å². The zero-order chi connectivity index (χ0) is 19.8. The van der Waals surface area contributed by atoms with Crippen LogP contribution in [0.5, 0.6) is 0 Å². The molecule has 1 atom stereocenters. The van der Waals surface area contributed by atoms with Crippen molar-refractivity contribution in [2.75, 3.05) is 12.8 Å². The number of nitrogens with one attached hydrogen (secondary N) is 1. The molecule has 0 unspecified atom stereocenters. The first-order valence-electron chi connectivity index (χ1n) is 8.54. The van der Waals surface area contributed by atoms with Gasteiger partial charge in [-0.1, -0.05) is 39.7 Å². The topological polar surface area (TPSA) is 49.4 Å². The second-order valence-electron chi connectivity index (χ2n) is 5.99. The highest BCUT2D eigenvalue weighted by molar-refractivity contribution is 9.10. The van der Waals surface area contributed by atoms with Crippen LogP contribution in [0.25, 0.3) is 0 Å². The number of amides is 2. The largest absolute Gasteiger partial charge is 0.357 e. The van der Waals surface area contributed by atoms with E-state index < -0.39 is 6.04 Å². The summed E-state index contributed by atoms with van der Waals surface area (Å²) in [6.45, 7) is 2.14. The van der Waals surface area contributed by atoms with Gasteiger partial charge in [0.25, 0.3) is 0 Å². The van der Waals surface area contributed by atoms with Gasteiger partial charge in [0.15, 0.2) is 0 Å². The van der Waals surface area contributed by atoms with Gasteiger partial charge in [-0.15, -0.1) is 11.8 Å². The van der Waals surface area contributed by atoms with Crippen molar-refractivity contribution < 1.29 is 9.59 Å². The average Bonchev–Trinajstić information content (AvgIpc) is 2.66. The lowest BCUT2D eigenvalue weighted by Crippen LogP contribution is -2.46. The predicted molar refractivity (Wildman–Crippen MR) is 115 cm³/mol. The van der Waals surface area contributed by atoms with Crippen LogP contribution in [-0.2, 0) is 16.1 Å². The highest BCUT2D eigenvalue weighted by Gasteiger charge is 2.25. The smallest absolute Gasteiger partial charge is 0.242 e. The van der Waals surface area contributed by atoms with Crippen molar-refractivity contribution in [2.24, 2.45) is 0 Å². The summed E-state index contributed by atoms with van der Waals surface area (Å²) in [5, 5.41) is 3.31. The van der Waals surface area contributed by atoms with Gasteiger partial charge >= 0.3 is 0 Å². The standard InChI is InChI=1S/C20H22BrClN2O2S/c1-14(20(26)23-2)24(13-15-4-3-5-16(21)12-15)19(25)10-11-27-18-8-6-17(22)7-9-18/h3-9,12,14H,10-11,13H2,1-2H3,(H,23,26)/t14-/m1/s1. The van der Waals surface area contributed by atoms with Crippen molar-refractivity contribution in [1.29, 1.82) is 0 Å². The fourth-order valence-corrected chi connectivity index (χ4v) is 3.97. The van der Waals surface area contributed by atoms with E-state index >= 15 is 0 Å². The average molecular weight is 470 g/mol. The molecule has 0 aromatic heterocycles.